The smallest absolute Gasteiger partial charge is 0.128 e. The lowest BCUT2D eigenvalue weighted by Crippen LogP contribution is -2.42. The maximum Gasteiger partial charge on any atom is 0.128 e. The molecule has 0 spiro atoms. The first-order valence-corrected chi connectivity index (χ1v) is 5.40. The van der Waals surface area contributed by atoms with Gasteiger partial charge in [0.05, 0.1) is 0 Å². The van der Waals surface area contributed by atoms with Crippen molar-refractivity contribution in [2.75, 3.05) is 4.90 Å². The van der Waals surface area contributed by atoms with E-state index in [1.54, 1.807) is 4.90 Å². The van der Waals surface area contributed by atoms with Gasteiger partial charge in [-0.15, -0.1) is 0 Å². The number of nitrogens with zero attached hydrogens (tertiary/aromatic N) is 1. The Bertz CT molecular complexity index is 266. The van der Waals surface area contributed by atoms with E-state index in [2.05, 4.69) is 0 Å². The van der Waals surface area contributed by atoms with Crippen LogP contribution in [0.2, 0.25) is 0 Å². The van der Waals surface area contributed by atoms with Gasteiger partial charge in [-0.05, 0) is 25.0 Å². The lowest BCUT2D eigenvalue weighted by Gasteiger charge is -2.33. The number of anilines is 1. The molecule has 0 aliphatic heterocycles. The lowest BCUT2D eigenvalue weighted by atomic mass is 10.2. The zero-order valence-electron chi connectivity index (χ0n) is 9.30. The molecule has 15 heavy (non-hydrogen) atoms. The van der Waals surface area contributed by atoms with Crippen LogP contribution < -0.4 is 4.90 Å². The van der Waals surface area contributed by atoms with Crippen molar-refractivity contribution in [1.29, 1.82) is 0 Å². The van der Waals surface area contributed by atoms with Crippen molar-refractivity contribution in [3.8, 4) is 0 Å². The van der Waals surface area contributed by atoms with Crippen LogP contribution in [0.15, 0.2) is 30.3 Å². The fourth-order valence-corrected chi connectivity index (χ4v) is 1.54. The second-order valence-electron chi connectivity index (χ2n) is 3.52. The summed E-state index contributed by atoms with van der Waals surface area (Å²) in [5, 5.41) is 19.7. The number of aliphatic hydroxyl groups excluding tert-OH is 2. The highest BCUT2D eigenvalue weighted by Crippen LogP contribution is 2.20. The van der Waals surface area contributed by atoms with Crippen molar-refractivity contribution in [3.05, 3.63) is 30.3 Å². The number of rotatable bonds is 5. The molecule has 3 heteroatoms. The monoisotopic (exact) mass is 209 g/mol. The quantitative estimate of drug-likeness (QED) is 0.728. The van der Waals surface area contributed by atoms with Crippen molar-refractivity contribution in [3.63, 3.8) is 0 Å². The molecule has 1 aromatic carbocycles. The highest BCUT2D eigenvalue weighted by atomic mass is 16.3. The Balaban J connectivity index is 2.91. The largest absolute Gasteiger partial charge is 0.374 e. The minimum atomic E-state index is -0.637. The van der Waals surface area contributed by atoms with Crippen LogP contribution in [0.4, 0.5) is 5.69 Å². The van der Waals surface area contributed by atoms with Gasteiger partial charge in [0.15, 0.2) is 0 Å². The van der Waals surface area contributed by atoms with Gasteiger partial charge in [-0.25, -0.2) is 0 Å². The summed E-state index contributed by atoms with van der Waals surface area (Å²) >= 11 is 0. The third-order valence-electron chi connectivity index (χ3n) is 2.43. The van der Waals surface area contributed by atoms with Crippen LogP contribution in [0.3, 0.4) is 0 Å². The Kier molecular flexibility index (Phi) is 4.59. The van der Waals surface area contributed by atoms with Crippen LogP contribution in [0.25, 0.3) is 0 Å². The van der Waals surface area contributed by atoms with Crippen molar-refractivity contribution < 1.29 is 10.2 Å². The van der Waals surface area contributed by atoms with Gasteiger partial charge in [-0.1, -0.05) is 32.0 Å². The summed E-state index contributed by atoms with van der Waals surface area (Å²) in [6.45, 7) is 3.78. The molecule has 0 aliphatic carbocycles. The van der Waals surface area contributed by atoms with Crippen LogP contribution in [0.1, 0.15) is 26.7 Å². The third-order valence-corrected chi connectivity index (χ3v) is 2.43. The molecule has 0 saturated heterocycles. The summed E-state index contributed by atoms with van der Waals surface area (Å²) in [6.07, 6.45) is -0.0949. The van der Waals surface area contributed by atoms with Gasteiger partial charge in [0, 0.05) is 5.69 Å². The molecule has 84 valence electrons. The Labute approximate surface area is 91.0 Å². The Morgan fingerprint density at radius 3 is 1.87 bits per heavy atom. The van der Waals surface area contributed by atoms with Crippen LogP contribution in [-0.4, -0.2) is 22.7 Å². The lowest BCUT2D eigenvalue weighted by molar-refractivity contribution is 0.0798. The molecule has 0 saturated carbocycles. The van der Waals surface area contributed by atoms with E-state index in [1.807, 2.05) is 44.2 Å². The van der Waals surface area contributed by atoms with Gasteiger partial charge in [0.25, 0.3) is 0 Å². The van der Waals surface area contributed by atoms with E-state index >= 15 is 0 Å². The first-order valence-electron chi connectivity index (χ1n) is 5.40. The summed E-state index contributed by atoms with van der Waals surface area (Å²) in [6, 6.07) is 9.48. The number of benzene rings is 1. The topological polar surface area (TPSA) is 43.7 Å². The molecular weight excluding hydrogens is 190 g/mol. The molecule has 0 amide bonds. The molecule has 2 unspecified atom stereocenters. The predicted octanol–water partition coefficient (Wildman–Crippen LogP) is 1.95. The summed E-state index contributed by atoms with van der Waals surface area (Å²) in [4.78, 5) is 1.64. The van der Waals surface area contributed by atoms with E-state index < -0.39 is 12.5 Å². The van der Waals surface area contributed by atoms with Crippen molar-refractivity contribution in [1.82, 2.24) is 0 Å². The molecule has 1 aromatic rings. The normalized spacial score (nSPS) is 14.7. The summed E-state index contributed by atoms with van der Waals surface area (Å²) in [7, 11) is 0. The van der Waals surface area contributed by atoms with Crippen molar-refractivity contribution >= 4 is 5.69 Å². The Hall–Kier alpha value is -1.06. The molecule has 0 heterocycles. The van der Waals surface area contributed by atoms with Gasteiger partial charge in [0.2, 0.25) is 0 Å². The molecule has 0 aromatic heterocycles. The van der Waals surface area contributed by atoms with E-state index in [-0.39, 0.29) is 0 Å². The SMILES string of the molecule is CCC(O)N(c1ccccc1)C(O)CC. The standard InChI is InChI=1S/C12H19NO2/c1-3-11(14)13(12(15)4-2)10-8-6-5-7-9-10/h5-9,11-12,14-15H,3-4H2,1-2H3. The molecule has 0 bridgehead atoms. The third kappa shape index (κ3) is 2.94. The Morgan fingerprint density at radius 2 is 1.47 bits per heavy atom. The minimum absolute atomic E-state index is 0.589. The average molecular weight is 209 g/mol. The molecule has 1 rings (SSSR count). The van der Waals surface area contributed by atoms with Gasteiger partial charge >= 0.3 is 0 Å². The average Bonchev–Trinajstić information content (AvgIpc) is 2.30. The van der Waals surface area contributed by atoms with Crippen molar-refractivity contribution in [2.45, 2.75) is 39.1 Å². The number of hydrogen-bond donors (Lipinski definition) is 2. The number of hydrogen-bond acceptors (Lipinski definition) is 3. The first-order chi connectivity index (χ1) is 7.20. The first kappa shape index (κ1) is 12.0. The highest BCUT2D eigenvalue weighted by Gasteiger charge is 2.20. The maximum atomic E-state index is 9.84. The minimum Gasteiger partial charge on any atom is -0.374 e. The second-order valence-corrected chi connectivity index (χ2v) is 3.52. The molecule has 2 atom stereocenters. The number of para-hydroxylation sites is 1. The summed E-state index contributed by atoms with van der Waals surface area (Å²) in [5.74, 6) is 0. The zero-order valence-corrected chi connectivity index (χ0v) is 9.30. The van der Waals surface area contributed by atoms with Gasteiger partial charge in [0.1, 0.15) is 12.5 Å². The van der Waals surface area contributed by atoms with Gasteiger partial charge in [-0.3, -0.25) is 0 Å². The van der Waals surface area contributed by atoms with Crippen molar-refractivity contribution in [2.24, 2.45) is 0 Å². The van der Waals surface area contributed by atoms with E-state index in [4.69, 9.17) is 0 Å². The van der Waals surface area contributed by atoms with Crippen LogP contribution >= 0.6 is 0 Å². The molecule has 0 fully saturated rings. The van der Waals surface area contributed by atoms with Crippen LogP contribution in [-0.2, 0) is 0 Å². The van der Waals surface area contributed by atoms with E-state index in [0.717, 1.165) is 5.69 Å². The highest BCUT2D eigenvalue weighted by molar-refractivity contribution is 5.46. The van der Waals surface area contributed by atoms with E-state index in [0.29, 0.717) is 12.8 Å². The Morgan fingerprint density at radius 1 is 1.00 bits per heavy atom. The van der Waals surface area contributed by atoms with Gasteiger partial charge < -0.3 is 15.1 Å². The predicted molar refractivity (Wildman–Crippen MR) is 61.5 cm³/mol. The molecular formula is C12H19NO2. The molecule has 3 nitrogen and oxygen atoms in total. The maximum absolute atomic E-state index is 9.84. The van der Waals surface area contributed by atoms with E-state index in [9.17, 15) is 10.2 Å². The zero-order chi connectivity index (χ0) is 11.3. The fourth-order valence-electron chi connectivity index (χ4n) is 1.54. The molecule has 0 aliphatic rings. The van der Waals surface area contributed by atoms with Gasteiger partial charge in [-0.2, -0.15) is 0 Å². The molecule has 0 radical (unpaired) electrons. The second kappa shape index (κ2) is 5.73. The van der Waals surface area contributed by atoms with Crippen LogP contribution in [0.5, 0.6) is 0 Å². The summed E-state index contributed by atoms with van der Waals surface area (Å²) in [5.41, 5.74) is 0.848. The molecule has 2 N–H and O–H groups in total. The summed E-state index contributed by atoms with van der Waals surface area (Å²) < 4.78 is 0. The number of aliphatic hydroxyl groups is 2. The van der Waals surface area contributed by atoms with Crippen LogP contribution in [0, 0.1) is 0 Å². The fraction of sp³-hybridized carbons (Fsp3) is 0.500. The van der Waals surface area contributed by atoms with E-state index in [1.165, 1.54) is 0 Å².